The van der Waals surface area contributed by atoms with Crippen molar-refractivity contribution in [3.8, 4) is 0 Å². The number of carbonyl (C=O) groups is 2. The van der Waals surface area contributed by atoms with Crippen LogP contribution in [0.15, 0.2) is 24.3 Å². The molecule has 0 radical (unpaired) electrons. The van der Waals surface area contributed by atoms with Gasteiger partial charge in [-0.25, -0.2) is 9.36 Å². The SMILES string of the molecule is CC[C@@H]1CC[C@H]2c3c(c4ccccc4n3C(=O)OC(C)(C)C)C[C@@H](C=O)N2C1. The van der Waals surface area contributed by atoms with E-state index in [0.29, 0.717) is 12.3 Å². The summed E-state index contributed by atoms with van der Waals surface area (Å²) in [7, 11) is 0. The summed E-state index contributed by atoms with van der Waals surface area (Å²) in [6, 6.07) is 7.96. The molecule has 1 fully saturated rings. The largest absolute Gasteiger partial charge is 0.443 e. The van der Waals surface area contributed by atoms with Crippen LogP contribution in [0.3, 0.4) is 0 Å². The van der Waals surface area contributed by atoms with Crippen molar-refractivity contribution in [2.24, 2.45) is 5.92 Å². The van der Waals surface area contributed by atoms with Gasteiger partial charge in [-0.15, -0.1) is 0 Å². The third kappa shape index (κ3) is 3.16. The van der Waals surface area contributed by atoms with Crippen LogP contribution in [0, 0.1) is 5.92 Å². The summed E-state index contributed by atoms with van der Waals surface area (Å²) in [6.07, 6.45) is 4.63. The van der Waals surface area contributed by atoms with E-state index in [1.165, 1.54) is 0 Å². The molecule has 28 heavy (non-hydrogen) atoms. The summed E-state index contributed by atoms with van der Waals surface area (Å²) in [5, 5.41) is 1.06. The molecular weight excluding hydrogens is 352 g/mol. The molecule has 0 N–H and O–H groups in total. The minimum atomic E-state index is -0.561. The molecule has 2 aliphatic heterocycles. The molecular formula is C23H30N2O3. The Balaban J connectivity index is 1.89. The summed E-state index contributed by atoms with van der Waals surface area (Å²) in [6.45, 7) is 8.81. The maximum atomic E-state index is 13.2. The van der Waals surface area contributed by atoms with Crippen molar-refractivity contribution in [1.29, 1.82) is 0 Å². The number of benzene rings is 1. The van der Waals surface area contributed by atoms with Crippen molar-refractivity contribution in [3.05, 3.63) is 35.5 Å². The highest BCUT2D eigenvalue weighted by Crippen LogP contribution is 2.45. The smallest absolute Gasteiger partial charge is 0.419 e. The molecule has 150 valence electrons. The maximum absolute atomic E-state index is 13.2. The van der Waals surface area contributed by atoms with Gasteiger partial charge in [0.15, 0.2) is 0 Å². The van der Waals surface area contributed by atoms with E-state index >= 15 is 0 Å². The third-order valence-electron chi connectivity index (χ3n) is 6.20. The van der Waals surface area contributed by atoms with E-state index in [-0.39, 0.29) is 18.2 Å². The molecule has 0 bridgehead atoms. The zero-order chi connectivity index (χ0) is 20.1. The van der Waals surface area contributed by atoms with Gasteiger partial charge in [-0.3, -0.25) is 4.90 Å². The average Bonchev–Trinajstić information content (AvgIpc) is 3.00. The number of aldehydes is 1. The standard InChI is InChI=1S/C23H30N2O3/c1-5-15-10-11-20-21-18(12-16(14-26)24(20)13-15)17-8-6-7-9-19(17)25(21)22(27)28-23(2,3)4/h6-9,14-16,20H,5,10-13H2,1-4H3/t15-,16+,20+/m1/s1. The summed E-state index contributed by atoms with van der Waals surface area (Å²) in [5.41, 5.74) is 2.48. The van der Waals surface area contributed by atoms with Gasteiger partial charge in [0, 0.05) is 11.9 Å². The lowest BCUT2D eigenvalue weighted by atomic mass is 9.82. The monoisotopic (exact) mass is 382 g/mol. The van der Waals surface area contributed by atoms with Crippen molar-refractivity contribution in [2.45, 2.75) is 71.1 Å². The normalized spacial score (nSPS) is 25.2. The van der Waals surface area contributed by atoms with Crippen LogP contribution in [0.1, 0.15) is 64.3 Å². The number of ether oxygens (including phenoxy) is 1. The maximum Gasteiger partial charge on any atom is 0.419 e. The van der Waals surface area contributed by atoms with Gasteiger partial charge in [0.1, 0.15) is 11.9 Å². The Morgan fingerprint density at radius 2 is 2.00 bits per heavy atom. The first-order valence-electron chi connectivity index (χ1n) is 10.4. The number of piperidine rings is 1. The van der Waals surface area contributed by atoms with Crippen molar-refractivity contribution in [2.75, 3.05) is 6.54 Å². The summed E-state index contributed by atoms with van der Waals surface area (Å²) in [4.78, 5) is 27.5. The van der Waals surface area contributed by atoms with Gasteiger partial charge in [0.2, 0.25) is 0 Å². The Morgan fingerprint density at radius 3 is 2.68 bits per heavy atom. The fraction of sp³-hybridized carbons (Fsp3) is 0.565. The number of hydrogen-bond donors (Lipinski definition) is 0. The van der Waals surface area contributed by atoms with Crippen LogP contribution in [-0.4, -0.2) is 40.0 Å². The Morgan fingerprint density at radius 1 is 1.25 bits per heavy atom. The Kier molecular flexibility index (Phi) is 4.82. The summed E-state index contributed by atoms with van der Waals surface area (Å²) < 4.78 is 7.55. The number of fused-ring (bicyclic) bond motifs is 5. The molecule has 3 atom stereocenters. The van der Waals surface area contributed by atoms with Crippen molar-refractivity contribution >= 4 is 23.3 Å². The molecule has 3 heterocycles. The number of carbonyl (C=O) groups excluding carboxylic acids is 2. The predicted molar refractivity (Wildman–Crippen MR) is 110 cm³/mol. The zero-order valence-corrected chi connectivity index (χ0v) is 17.3. The second-order valence-electron chi connectivity index (χ2n) is 9.17. The van der Waals surface area contributed by atoms with Gasteiger partial charge in [0.25, 0.3) is 0 Å². The van der Waals surface area contributed by atoms with Gasteiger partial charge in [-0.1, -0.05) is 31.5 Å². The number of rotatable bonds is 2. The third-order valence-corrected chi connectivity index (χ3v) is 6.20. The minimum Gasteiger partial charge on any atom is -0.443 e. The molecule has 1 aromatic carbocycles. The van der Waals surface area contributed by atoms with Crippen molar-refractivity contribution in [3.63, 3.8) is 0 Å². The van der Waals surface area contributed by atoms with E-state index in [1.54, 1.807) is 4.57 Å². The van der Waals surface area contributed by atoms with Crippen molar-refractivity contribution < 1.29 is 14.3 Å². The molecule has 4 rings (SSSR count). The molecule has 1 aromatic heterocycles. The Labute approximate surface area is 166 Å². The number of nitrogens with zero attached hydrogens (tertiary/aromatic N) is 2. The molecule has 1 saturated heterocycles. The molecule has 0 aliphatic carbocycles. The highest BCUT2D eigenvalue weighted by molar-refractivity contribution is 5.94. The van der Waals surface area contributed by atoms with E-state index in [2.05, 4.69) is 17.9 Å². The zero-order valence-electron chi connectivity index (χ0n) is 17.3. The molecule has 5 heteroatoms. The van der Waals surface area contributed by atoms with Crippen LogP contribution < -0.4 is 0 Å². The highest BCUT2D eigenvalue weighted by atomic mass is 16.6. The lowest BCUT2D eigenvalue weighted by Gasteiger charge is -2.46. The van der Waals surface area contributed by atoms with Gasteiger partial charge in [-0.05, 0) is 57.6 Å². The summed E-state index contributed by atoms with van der Waals surface area (Å²) >= 11 is 0. The second-order valence-corrected chi connectivity index (χ2v) is 9.17. The van der Waals surface area contributed by atoms with Crippen LogP contribution in [0.5, 0.6) is 0 Å². The molecule has 0 saturated carbocycles. The van der Waals surface area contributed by atoms with Crippen LogP contribution in [-0.2, 0) is 16.0 Å². The summed E-state index contributed by atoms with van der Waals surface area (Å²) in [5.74, 6) is 0.611. The van der Waals surface area contributed by atoms with Crippen LogP contribution >= 0.6 is 0 Å². The first kappa shape index (κ1) is 19.2. The van der Waals surface area contributed by atoms with E-state index in [0.717, 1.165) is 54.3 Å². The molecule has 0 amide bonds. The lowest BCUT2D eigenvalue weighted by molar-refractivity contribution is -0.115. The topological polar surface area (TPSA) is 51.5 Å². The Bertz CT molecular complexity index is 908. The predicted octanol–water partition coefficient (Wildman–Crippen LogP) is 4.71. The number of aromatic nitrogens is 1. The molecule has 0 unspecified atom stereocenters. The highest BCUT2D eigenvalue weighted by Gasteiger charge is 2.42. The van der Waals surface area contributed by atoms with E-state index in [9.17, 15) is 9.59 Å². The van der Waals surface area contributed by atoms with E-state index < -0.39 is 5.60 Å². The number of para-hydroxylation sites is 1. The fourth-order valence-corrected chi connectivity index (χ4v) is 4.92. The molecule has 2 aromatic rings. The second kappa shape index (κ2) is 7.03. The van der Waals surface area contributed by atoms with Crippen LogP contribution in [0.25, 0.3) is 10.9 Å². The first-order chi connectivity index (χ1) is 13.3. The van der Waals surface area contributed by atoms with Crippen LogP contribution in [0.2, 0.25) is 0 Å². The van der Waals surface area contributed by atoms with Gasteiger partial charge < -0.3 is 9.53 Å². The number of hydrogen-bond acceptors (Lipinski definition) is 4. The van der Waals surface area contributed by atoms with Crippen molar-refractivity contribution in [1.82, 2.24) is 9.47 Å². The van der Waals surface area contributed by atoms with E-state index in [4.69, 9.17) is 4.74 Å². The Hall–Kier alpha value is -2.14. The minimum absolute atomic E-state index is 0.0849. The lowest BCUT2D eigenvalue weighted by Crippen LogP contribution is -2.50. The fourth-order valence-electron chi connectivity index (χ4n) is 4.92. The molecule has 2 aliphatic rings. The van der Waals surface area contributed by atoms with E-state index in [1.807, 2.05) is 39.0 Å². The quantitative estimate of drug-likeness (QED) is 0.706. The van der Waals surface area contributed by atoms with Gasteiger partial charge >= 0.3 is 6.09 Å². The average molecular weight is 383 g/mol. The molecule has 5 nitrogen and oxygen atoms in total. The molecule has 0 spiro atoms. The van der Waals surface area contributed by atoms with Crippen LogP contribution in [0.4, 0.5) is 4.79 Å². The van der Waals surface area contributed by atoms with Gasteiger partial charge in [-0.2, -0.15) is 0 Å². The van der Waals surface area contributed by atoms with Gasteiger partial charge in [0.05, 0.1) is 23.3 Å². The first-order valence-corrected chi connectivity index (χ1v) is 10.4.